The largest absolute Gasteiger partial charge is 0.326 e. The van der Waals surface area contributed by atoms with Crippen LogP contribution >= 0.6 is 31.9 Å². The molecule has 2 amide bonds. The Hall–Kier alpha value is -3.48. The molecule has 4 nitrogen and oxygen atoms in total. The van der Waals surface area contributed by atoms with Gasteiger partial charge in [-0.3, -0.25) is 9.59 Å². The molecule has 6 heteroatoms. The molecule has 4 aromatic rings. The highest BCUT2D eigenvalue weighted by molar-refractivity contribution is 9.10. The molecule has 4 aromatic carbocycles. The van der Waals surface area contributed by atoms with Gasteiger partial charge >= 0.3 is 0 Å². The minimum Gasteiger partial charge on any atom is -0.326 e. The fourth-order valence-electron chi connectivity index (χ4n) is 3.87. The van der Waals surface area contributed by atoms with Gasteiger partial charge in [-0.05, 0) is 65.2 Å². The molecule has 0 aliphatic carbocycles. The Morgan fingerprint density at radius 1 is 0.805 bits per heavy atom. The summed E-state index contributed by atoms with van der Waals surface area (Å²) in [4.78, 5) is 23.4. The molecule has 1 aliphatic heterocycles. The van der Waals surface area contributed by atoms with Gasteiger partial charge in [-0.15, -0.1) is 0 Å². The first-order valence-electron chi connectivity index (χ1n) is 13.4. The average Bonchev–Trinajstić information content (AvgIpc) is 3.00. The van der Waals surface area contributed by atoms with Crippen molar-refractivity contribution >= 4 is 61.1 Å². The number of nitrogens with one attached hydrogen (secondary N) is 2. The van der Waals surface area contributed by atoms with E-state index in [9.17, 15) is 9.59 Å². The average molecular weight is 681 g/mol. The standard InChI is InChI=1S/2C15H12BrNO.2C2H6.CH4/c16-11-6-7-14-13(8-11)12(9-15(18)17-14)10-4-2-1-3-5-10;16-13-7-9-14(10-8-13)17-15(18)11-6-12-4-2-1-3-5-12;2*1-2;/h1-8,12H,9H2,(H,17,18);1-11H,(H,17,18);2*1-2H3;1H4/b;11-6+;;;. The van der Waals surface area contributed by atoms with Gasteiger partial charge < -0.3 is 10.6 Å². The molecule has 0 radical (unpaired) electrons. The molecule has 5 rings (SSSR count). The van der Waals surface area contributed by atoms with Crippen molar-refractivity contribution in [3.8, 4) is 0 Å². The zero-order chi connectivity index (χ0) is 29.3. The van der Waals surface area contributed by atoms with Crippen LogP contribution in [0.5, 0.6) is 0 Å². The summed E-state index contributed by atoms with van der Waals surface area (Å²) in [6.07, 6.45) is 3.82. The van der Waals surface area contributed by atoms with Crippen LogP contribution < -0.4 is 10.6 Å². The molecule has 0 spiro atoms. The van der Waals surface area contributed by atoms with Crippen LogP contribution in [0.2, 0.25) is 0 Å². The normalized spacial score (nSPS) is 12.8. The molecule has 0 bridgehead atoms. The van der Waals surface area contributed by atoms with Crippen LogP contribution in [0.1, 0.15) is 64.2 Å². The van der Waals surface area contributed by atoms with E-state index in [0.717, 1.165) is 25.9 Å². The summed E-state index contributed by atoms with van der Waals surface area (Å²) in [6, 6.07) is 33.3. The van der Waals surface area contributed by atoms with Crippen LogP contribution in [0.15, 0.2) is 118 Å². The summed E-state index contributed by atoms with van der Waals surface area (Å²) >= 11 is 6.84. The SMILES string of the molecule is C.CC.CC.O=C(/C=C/c1ccccc1)Nc1ccc(Br)cc1.O=C1CC(c2ccccc2)c2cc(Br)ccc2N1. The summed E-state index contributed by atoms with van der Waals surface area (Å²) < 4.78 is 2.03. The minimum absolute atomic E-state index is 0. The highest BCUT2D eigenvalue weighted by Crippen LogP contribution is 2.38. The Bertz CT molecular complexity index is 1360. The van der Waals surface area contributed by atoms with E-state index >= 15 is 0 Å². The quantitative estimate of drug-likeness (QED) is 0.211. The smallest absolute Gasteiger partial charge is 0.248 e. The van der Waals surface area contributed by atoms with Gasteiger partial charge in [0.1, 0.15) is 0 Å². The maximum atomic E-state index is 11.8. The van der Waals surface area contributed by atoms with Crippen LogP contribution in [0.3, 0.4) is 0 Å². The molecule has 0 saturated carbocycles. The van der Waals surface area contributed by atoms with Gasteiger partial charge in [0.15, 0.2) is 0 Å². The Morgan fingerprint density at radius 2 is 1.37 bits per heavy atom. The van der Waals surface area contributed by atoms with Crippen LogP contribution in [0.4, 0.5) is 11.4 Å². The minimum atomic E-state index is -0.138. The number of halogens is 2. The summed E-state index contributed by atoms with van der Waals surface area (Å²) in [5.74, 6) is 0.0901. The number of fused-ring (bicyclic) bond motifs is 1. The van der Waals surface area contributed by atoms with Crippen molar-refractivity contribution < 1.29 is 9.59 Å². The molecular weight excluding hydrogens is 640 g/mol. The first kappa shape index (κ1) is 35.5. The second kappa shape index (κ2) is 19.6. The Labute approximate surface area is 262 Å². The van der Waals surface area contributed by atoms with Gasteiger partial charge in [-0.2, -0.15) is 0 Å². The first-order valence-corrected chi connectivity index (χ1v) is 15.0. The number of hydrogen-bond acceptors (Lipinski definition) is 2. The van der Waals surface area contributed by atoms with Crippen LogP contribution in [-0.2, 0) is 9.59 Å². The lowest BCUT2D eigenvalue weighted by Crippen LogP contribution is -2.23. The van der Waals surface area contributed by atoms with E-state index in [0.29, 0.717) is 6.42 Å². The zero-order valence-corrected chi connectivity index (χ0v) is 26.5. The van der Waals surface area contributed by atoms with Gasteiger partial charge in [0.25, 0.3) is 0 Å². The van der Waals surface area contributed by atoms with Gasteiger partial charge in [-0.25, -0.2) is 0 Å². The topological polar surface area (TPSA) is 58.2 Å². The lowest BCUT2D eigenvalue weighted by Gasteiger charge is -2.26. The number of carbonyl (C=O) groups excluding carboxylic acids is 2. The third-order valence-electron chi connectivity index (χ3n) is 5.59. The number of anilines is 2. The van der Waals surface area contributed by atoms with Crippen molar-refractivity contribution in [2.75, 3.05) is 10.6 Å². The maximum absolute atomic E-state index is 11.8. The van der Waals surface area contributed by atoms with Crippen molar-refractivity contribution in [1.29, 1.82) is 0 Å². The number of rotatable bonds is 4. The molecule has 0 saturated heterocycles. The summed E-state index contributed by atoms with van der Waals surface area (Å²) in [5, 5.41) is 5.72. The van der Waals surface area contributed by atoms with E-state index in [1.54, 1.807) is 6.08 Å². The molecule has 0 fully saturated rings. The van der Waals surface area contributed by atoms with Crippen molar-refractivity contribution in [3.63, 3.8) is 0 Å². The summed E-state index contributed by atoms with van der Waals surface area (Å²) in [5.41, 5.74) is 5.06. The molecule has 2 N–H and O–H groups in total. The van der Waals surface area contributed by atoms with Crippen LogP contribution in [0.25, 0.3) is 6.08 Å². The molecule has 41 heavy (non-hydrogen) atoms. The molecule has 1 aliphatic rings. The van der Waals surface area contributed by atoms with Gasteiger partial charge in [0, 0.05) is 38.7 Å². The van der Waals surface area contributed by atoms with E-state index in [-0.39, 0.29) is 25.2 Å². The molecule has 0 aromatic heterocycles. The van der Waals surface area contributed by atoms with Gasteiger partial charge in [-0.1, -0.05) is 128 Å². The molecule has 1 heterocycles. The van der Waals surface area contributed by atoms with Crippen LogP contribution in [-0.4, -0.2) is 11.8 Å². The third-order valence-corrected chi connectivity index (χ3v) is 6.61. The second-order valence-corrected chi connectivity index (χ2v) is 10.0. The van der Waals surface area contributed by atoms with Crippen molar-refractivity contribution in [1.82, 2.24) is 0 Å². The van der Waals surface area contributed by atoms with E-state index in [1.165, 1.54) is 17.2 Å². The second-order valence-electron chi connectivity index (χ2n) is 8.19. The highest BCUT2D eigenvalue weighted by Gasteiger charge is 2.26. The monoisotopic (exact) mass is 678 g/mol. The van der Waals surface area contributed by atoms with Gasteiger partial charge in [0.2, 0.25) is 11.8 Å². The predicted octanol–water partition coefficient (Wildman–Crippen LogP) is 10.7. The lowest BCUT2D eigenvalue weighted by atomic mass is 9.85. The number of carbonyl (C=O) groups is 2. The summed E-state index contributed by atoms with van der Waals surface area (Å²) in [7, 11) is 0. The molecular formula is C35H40Br2N2O2. The molecule has 216 valence electrons. The molecule has 1 atom stereocenters. The number of hydrogen-bond donors (Lipinski definition) is 2. The van der Waals surface area contributed by atoms with Gasteiger partial charge in [0.05, 0.1) is 0 Å². The molecule has 1 unspecified atom stereocenters. The first-order chi connectivity index (χ1) is 19.5. The Morgan fingerprint density at radius 3 is 1.98 bits per heavy atom. The highest BCUT2D eigenvalue weighted by atomic mass is 79.9. The number of amides is 2. The van der Waals surface area contributed by atoms with E-state index in [1.807, 2.05) is 113 Å². The van der Waals surface area contributed by atoms with E-state index < -0.39 is 0 Å². The predicted molar refractivity (Wildman–Crippen MR) is 183 cm³/mol. The van der Waals surface area contributed by atoms with Crippen LogP contribution in [0, 0.1) is 0 Å². The van der Waals surface area contributed by atoms with Crippen molar-refractivity contribution in [2.45, 2.75) is 47.5 Å². The van der Waals surface area contributed by atoms with E-state index in [4.69, 9.17) is 0 Å². The van der Waals surface area contributed by atoms with E-state index in [2.05, 4.69) is 60.7 Å². The summed E-state index contributed by atoms with van der Waals surface area (Å²) in [6.45, 7) is 8.00. The Kier molecular flexibility index (Phi) is 17.0. The Balaban J connectivity index is 0.000000358. The van der Waals surface area contributed by atoms with Crippen molar-refractivity contribution in [3.05, 3.63) is 135 Å². The zero-order valence-electron chi connectivity index (χ0n) is 23.3. The fraction of sp³-hybridized carbons (Fsp3) is 0.200. The lowest BCUT2D eigenvalue weighted by molar-refractivity contribution is -0.116. The number of benzene rings is 4. The maximum Gasteiger partial charge on any atom is 0.248 e. The van der Waals surface area contributed by atoms with Crippen molar-refractivity contribution in [2.24, 2.45) is 0 Å². The fourth-order valence-corrected chi connectivity index (χ4v) is 4.51. The third kappa shape index (κ3) is 11.9.